The van der Waals surface area contributed by atoms with Crippen molar-refractivity contribution >= 4 is 17.7 Å². The molecule has 0 saturated carbocycles. The van der Waals surface area contributed by atoms with E-state index in [9.17, 15) is 14.4 Å². The van der Waals surface area contributed by atoms with Crippen LogP contribution in [0.3, 0.4) is 0 Å². The summed E-state index contributed by atoms with van der Waals surface area (Å²) in [4.78, 5) is 40.5. The van der Waals surface area contributed by atoms with Gasteiger partial charge in [0.2, 0.25) is 5.91 Å². The number of hydrogen-bond donors (Lipinski definition) is 0. The first-order valence-electron chi connectivity index (χ1n) is 10.5. The molecule has 2 aliphatic rings. The van der Waals surface area contributed by atoms with Gasteiger partial charge in [0.1, 0.15) is 5.75 Å². The van der Waals surface area contributed by atoms with Crippen LogP contribution < -0.4 is 4.74 Å². The molecule has 2 aromatic carbocycles. The van der Waals surface area contributed by atoms with Crippen molar-refractivity contribution in [2.75, 3.05) is 26.2 Å². The van der Waals surface area contributed by atoms with Crippen LogP contribution in [-0.2, 0) is 4.79 Å². The van der Waals surface area contributed by atoms with Crippen molar-refractivity contribution in [2.45, 2.75) is 25.7 Å². The molecule has 6 heteroatoms. The molecule has 2 aromatic rings. The lowest BCUT2D eigenvalue weighted by Crippen LogP contribution is -2.40. The Labute approximate surface area is 176 Å². The van der Waals surface area contributed by atoms with Gasteiger partial charge in [-0.15, -0.1) is 0 Å². The third-order valence-electron chi connectivity index (χ3n) is 5.85. The number of rotatable bonds is 7. The first kappa shape index (κ1) is 20.1. The van der Waals surface area contributed by atoms with E-state index >= 15 is 0 Å². The van der Waals surface area contributed by atoms with Crippen molar-refractivity contribution < 1.29 is 19.1 Å². The molecular weight excluding hydrogens is 380 g/mol. The molecule has 6 nitrogen and oxygen atoms in total. The highest BCUT2D eigenvalue weighted by Gasteiger charge is 2.34. The first-order chi connectivity index (χ1) is 14.6. The van der Waals surface area contributed by atoms with E-state index in [1.807, 2.05) is 35.2 Å². The highest BCUT2D eigenvalue weighted by molar-refractivity contribution is 6.21. The molecule has 2 heterocycles. The second-order valence-corrected chi connectivity index (χ2v) is 7.86. The third kappa shape index (κ3) is 4.37. The summed E-state index contributed by atoms with van der Waals surface area (Å²) in [6.45, 7) is 2.41. The second-order valence-electron chi connectivity index (χ2n) is 7.86. The maximum absolute atomic E-state index is 12.5. The van der Waals surface area contributed by atoms with Crippen molar-refractivity contribution in [1.82, 2.24) is 9.80 Å². The Kier molecular flexibility index (Phi) is 6.12. The Bertz CT molecular complexity index is 885. The van der Waals surface area contributed by atoms with Crippen molar-refractivity contribution in [3.63, 3.8) is 0 Å². The number of imide groups is 1. The maximum Gasteiger partial charge on any atom is 0.261 e. The van der Waals surface area contributed by atoms with Crippen LogP contribution in [0.5, 0.6) is 5.75 Å². The SMILES string of the molecule is O=C(CCCN1C(=O)c2ccccc2C1=O)N1CCC(COc2ccccc2)CC1. The van der Waals surface area contributed by atoms with E-state index in [0.29, 0.717) is 36.5 Å². The molecule has 156 valence electrons. The Morgan fingerprint density at radius 2 is 1.50 bits per heavy atom. The molecule has 2 aliphatic heterocycles. The number of benzene rings is 2. The predicted octanol–water partition coefficient (Wildman–Crippen LogP) is 3.38. The average Bonchev–Trinajstić information content (AvgIpc) is 3.04. The fourth-order valence-electron chi connectivity index (χ4n) is 4.07. The summed E-state index contributed by atoms with van der Waals surface area (Å²) in [5.74, 6) is 0.898. The lowest BCUT2D eigenvalue weighted by molar-refractivity contribution is -0.132. The predicted molar refractivity (Wildman–Crippen MR) is 112 cm³/mol. The minimum atomic E-state index is -0.262. The zero-order chi connectivity index (χ0) is 20.9. The van der Waals surface area contributed by atoms with Crippen molar-refractivity contribution in [2.24, 2.45) is 5.92 Å². The van der Waals surface area contributed by atoms with Gasteiger partial charge in [0.25, 0.3) is 11.8 Å². The summed E-state index contributed by atoms with van der Waals surface area (Å²) in [5, 5.41) is 0. The summed E-state index contributed by atoms with van der Waals surface area (Å²) in [7, 11) is 0. The van der Waals surface area contributed by atoms with Gasteiger partial charge in [-0.3, -0.25) is 19.3 Å². The van der Waals surface area contributed by atoms with Gasteiger partial charge in [-0.1, -0.05) is 30.3 Å². The minimum absolute atomic E-state index is 0.0917. The average molecular weight is 406 g/mol. The lowest BCUT2D eigenvalue weighted by atomic mass is 9.97. The maximum atomic E-state index is 12.5. The molecule has 0 radical (unpaired) electrons. The van der Waals surface area contributed by atoms with Crippen LogP contribution in [0.15, 0.2) is 54.6 Å². The minimum Gasteiger partial charge on any atom is -0.493 e. The number of para-hydroxylation sites is 1. The van der Waals surface area contributed by atoms with Gasteiger partial charge in [-0.05, 0) is 49.4 Å². The number of carbonyl (C=O) groups is 3. The number of amides is 3. The second kappa shape index (κ2) is 9.11. The van der Waals surface area contributed by atoms with Crippen molar-refractivity contribution in [1.29, 1.82) is 0 Å². The number of piperidine rings is 1. The van der Waals surface area contributed by atoms with Gasteiger partial charge < -0.3 is 9.64 Å². The fraction of sp³-hybridized carbons (Fsp3) is 0.375. The van der Waals surface area contributed by atoms with E-state index in [1.165, 1.54) is 4.90 Å². The molecular formula is C24H26N2O4. The van der Waals surface area contributed by atoms with Gasteiger partial charge in [0.05, 0.1) is 17.7 Å². The Hall–Kier alpha value is -3.15. The highest BCUT2D eigenvalue weighted by atomic mass is 16.5. The quantitative estimate of drug-likeness (QED) is 0.661. The van der Waals surface area contributed by atoms with E-state index in [4.69, 9.17) is 4.74 Å². The molecule has 0 atom stereocenters. The molecule has 0 aliphatic carbocycles. The topological polar surface area (TPSA) is 66.9 Å². The van der Waals surface area contributed by atoms with Crippen LogP contribution in [0.25, 0.3) is 0 Å². The smallest absolute Gasteiger partial charge is 0.261 e. The summed E-state index contributed by atoms with van der Waals surface area (Å²) < 4.78 is 5.84. The van der Waals surface area contributed by atoms with Gasteiger partial charge >= 0.3 is 0 Å². The zero-order valence-electron chi connectivity index (χ0n) is 17.0. The monoisotopic (exact) mass is 406 g/mol. The van der Waals surface area contributed by atoms with Crippen LogP contribution in [0, 0.1) is 5.92 Å². The highest BCUT2D eigenvalue weighted by Crippen LogP contribution is 2.23. The molecule has 0 N–H and O–H groups in total. The molecule has 0 spiro atoms. The first-order valence-corrected chi connectivity index (χ1v) is 10.5. The van der Waals surface area contributed by atoms with Gasteiger partial charge in [-0.25, -0.2) is 0 Å². The fourth-order valence-corrected chi connectivity index (χ4v) is 4.07. The standard InChI is InChI=1S/C24H26N2O4/c27-22(11-6-14-26-23(28)20-9-4-5-10-21(20)24(26)29)25-15-12-18(13-16-25)17-30-19-7-2-1-3-8-19/h1-5,7-10,18H,6,11-17H2. The number of nitrogens with zero attached hydrogens (tertiary/aromatic N) is 2. The van der Waals surface area contributed by atoms with E-state index in [-0.39, 0.29) is 24.3 Å². The molecule has 0 bridgehead atoms. The molecule has 1 fully saturated rings. The molecule has 30 heavy (non-hydrogen) atoms. The van der Waals surface area contributed by atoms with Gasteiger partial charge in [0, 0.05) is 26.1 Å². The van der Waals surface area contributed by atoms with Crippen LogP contribution >= 0.6 is 0 Å². The number of carbonyl (C=O) groups excluding carboxylic acids is 3. The van der Waals surface area contributed by atoms with E-state index in [1.54, 1.807) is 24.3 Å². The molecule has 1 saturated heterocycles. The number of likely N-dealkylation sites (tertiary alicyclic amines) is 1. The van der Waals surface area contributed by atoms with E-state index < -0.39 is 0 Å². The molecule has 0 aromatic heterocycles. The van der Waals surface area contributed by atoms with Crippen molar-refractivity contribution in [3.05, 3.63) is 65.7 Å². The zero-order valence-corrected chi connectivity index (χ0v) is 17.0. The van der Waals surface area contributed by atoms with E-state index in [2.05, 4.69) is 0 Å². The van der Waals surface area contributed by atoms with Crippen molar-refractivity contribution in [3.8, 4) is 5.75 Å². The summed E-state index contributed by atoms with van der Waals surface area (Å²) in [6, 6.07) is 16.6. The Balaban J connectivity index is 1.18. The Morgan fingerprint density at radius 3 is 2.13 bits per heavy atom. The number of fused-ring (bicyclic) bond motifs is 1. The van der Waals surface area contributed by atoms with Crippen LogP contribution in [-0.4, -0.2) is 53.8 Å². The normalized spacial score (nSPS) is 16.7. The number of hydrogen-bond acceptors (Lipinski definition) is 4. The summed E-state index contributed by atoms with van der Waals surface area (Å²) in [6.07, 6.45) is 2.69. The third-order valence-corrected chi connectivity index (χ3v) is 5.85. The summed E-state index contributed by atoms with van der Waals surface area (Å²) >= 11 is 0. The summed E-state index contributed by atoms with van der Waals surface area (Å²) in [5.41, 5.74) is 0.905. The largest absolute Gasteiger partial charge is 0.493 e. The number of ether oxygens (including phenoxy) is 1. The molecule has 4 rings (SSSR count). The Morgan fingerprint density at radius 1 is 0.900 bits per heavy atom. The van der Waals surface area contributed by atoms with Gasteiger partial charge in [-0.2, -0.15) is 0 Å². The lowest BCUT2D eigenvalue weighted by Gasteiger charge is -2.32. The van der Waals surface area contributed by atoms with Gasteiger partial charge in [0.15, 0.2) is 0 Å². The van der Waals surface area contributed by atoms with Crippen LogP contribution in [0.1, 0.15) is 46.4 Å². The van der Waals surface area contributed by atoms with Crippen LogP contribution in [0.2, 0.25) is 0 Å². The molecule has 3 amide bonds. The molecule has 0 unspecified atom stereocenters. The van der Waals surface area contributed by atoms with E-state index in [0.717, 1.165) is 31.7 Å². The van der Waals surface area contributed by atoms with Crippen LogP contribution in [0.4, 0.5) is 0 Å².